The van der Waals surface area contributed by atoms with Crippen LogP contribution in [0.2, 0.25) is 0 Å². The molecule has 4 heteroatoms. The maximum Gasteiger partial charge on any atom is 0.128 e. The first-order chi connectivity index (χ1) is 10.1. The molecule has 0 unspecified atom stereocenters. The molecule has 0 aliphatic heterocycles. The Morgan fingerprint density at radius 2 is 1.90 bits per heavy atom. The summed E-state index contributed by atoms with van der Waals surface area (Å²) in [4.78, 5) is 2.08. The highest BCUT2D eigenvalue weighted by Gasteiger charge is 2.10. The Morgan fingerprint density at radius 3 is 2.62 bits per heavy atom. The van der Waals surface area contributed by atoms with Crippen LogP contribution in [0.1, 0.15) is 18.1 Å². The summed E-state index contributed by atoms with van der Waals surface area (Å²) in [5.41, 5.74) is 3.02. The Hall–Kier alpha value is -1.39. The zero-order chi connectivity index (χ0) is 15.2. The van der Waals surface area contributed by atoms with Gasteiger partial charge in [-0.25, -0.2) is 4.39 Å². The van der Waals surface area contributed by atoms with E-state index in [4.69, 9.17) is 0 Å². The summed E-state index contributed by atoms with van der Waals surface area (Å²) in [6.45, 7) is 4.35. The average molecular weight is 351 g/mol. The Balaban J connectivity index is 2.22. The fourth-order valence-corrected chi connectivity index (χ4v) is 2.70. The van der Waals surface area contributed by atoms with Crippen molar-refractivity contribution in [3.05, 3.63) is 63.9 Å². The van der Waals surface area contributed by atoms with E-state index in [1.54, 1.807) is 6.07 Å². The van der Waals surface area contributed by atoms with E-state index >= 15 is 0 Å². The minimum absolute atomic E-state index is 0.158. The van der Waals surface area contributed by atoms with Crippen LogP contribution in [0.4, 0.5) is 10.1 Å². The molecule has 2 rings (SSSR count). The number of nitrogens with one attached hydrogen (secondary N) is 1. The molecule has 1 N–H and O–H groups in total. The first kappa shape index (κ1) is 16.0. The molecule has 2 aromatic carbocycles. The summed E-state index contributed by atoms with van der Waals surface area (Å²) in [5.74, 6) is -0.158. The normalized spacial score (nSPS) is 10.7. The Kier molecular flexibility index (Phi) is 5.76. The molecule has 0 atom stereocenters. The monoisotopic (exact) mass is 350 g/mol. The van der Waals surface area contributed by atoms with Crippen molar-refractivity contribution in [1.82, 2.24) is 5.32 Å². The van der Waals surface area contributed by atoms with Crippen LogP contribution in [0, 0.1) is 5.82 Å². The van der Waals surface area contributed by atoms with E-state index in [9.17, 15) is 4.39 Å². The molecule has 0 aromatic heterocycles. The lowest BCUT2D eigenvalue weighted by atomic mass is 10.1. The fourth-order valence-electron chi connectivity index (χ4n) is 2.30. The van der Waals surface area contributed by atoms with Crippen LogP contribution < -0.4 is 10.2 Å². The van der Waals surface area contributed by atoms with Gasteiger partial charge in [-0.1, -0.05) is 41.1 Å². The van der Waals surface area contributed by atoms with Crippen molar-refractivity contribution in [3.8, 4) is 0 Å². The van der Waals surface area contributed by atoms with Crippen LogP contribution in [0.25, 0.3) is 0 Å². The van der Waals surface area contributed by atoms with E-state index in [-0.39, 0.29) is 5.82 Å². The van der Waals surface area contributed by atoms with Gasteiger partial charge in [-0.05, 0) is 36.4 Å². The molecule has 0 saturated carbocycles. The van der Waals surface area contributed by atoms with Gasteiger partial charge in [0.15, 0.2) is 0 Å². The standard InChI is InChI=1S/C17H20BrFN2/c1-3-20-11-14-10-15(18)8-9-17(14)21(2)12-13-6-4-5-7-16(13)19/h4-10,20H,3,11-12H2,1-2H3. The van der Waals surface area contributed by atoms with Gasteiger partial charge in [-0.2, -0.15) is 0 Å². The van der Waals surface area contributed by atoms with Crippen LogP contribution in [-0.4, -0.2) is 13.6 Å². The van der Waals surface area contributed by atoms with Crippen LogP contribution in [0.5, 0.6) is 0 Å². The third-order valence-electron chi connectivity index (χ3n) is 3.38. The molecule has 0 bridgehead atoms. The molecule has 0 aliphatic carbocycles. The lowest BCUT2D eigenvalue weighted by Gasteiger charge is -2.23. The number of rotatable bonds is 6. The predicted octanol–water partition coefficient (Wildman–Crippen LogP) is 4.33. The summed E-state index contributed by atoms with van der Waals surface area (Å²) in [6.07, 6.45) is 0. The lowest BCUT2D eigenvalue weighted by molar-refractivity contribution is 0.607. The van der Waals surface area contributed by atoms with Gasteiger partial charge in [0.1, 0.15) is 5.82 Å². The minimum atomic E-state index is -0.158. The molecular weight excluding hydrogens is 331 g/mol. The first-order valence-corrected chi connectivity index (χ1v) is 7.84. The quantitative estimate of drug-likeness (QED) is 0.833. The van der Waals surface area contributed by atoms with Gasteiger partial charge in [0, 0.05) is 35.9 Å². The third-order valence-corrected chi connectivity index (χ3v) is 3.88. The molecule has 112 valence electrons. The maximum absolute atomic E-state index is 13.8. The highest BCUT2D eigenvalue weighted by Crippen LogP contribution is 2.25. The van der Waals surface area contributed by atoms with Crippen molar-refractivity contribution in [2.24, 2.45) is 0 Å². The summed E-state index contributed by atoms with van der Waals surface area (Å²) >= 11 is 3.51. The van der Waals surface area contributed by atoms with Crippen LogP contribution in [0.15, 0.2) is 46.9 Å². The zero-order valence-corrected chi connectivity index (χ0v) is 14.0. The highest BCUT2D eigenvalue weighted by molar-refractivity contribution is 9.10. The van der Waals surface area contributed by atoms with Gasteiger partial charge in [0.25, 0.3) is 0 Å². The molecule has 21 heavy (non-hydrogen) atoms. The fraction of sp³-hybridized carbons (Fsp3) is 0.294. The van der Waals surface area contributed by atoms with Crippen molar-refractivity contribution >= 4 is 21.6 Å². The van der Waals surface area contributed by atoms with Gasteiger partial charge < -0.3 is 10.2 Å². The van der Waals surface area contributed by atoms with E-state index in [2.05, 4.69) is 45.2 Å². The minimum Gasteiger partial charge on any atom is -0.370 e. The van der Waals surface area contributed by atoms with Crippen molar-refractivity contribution < 1.29 is 4.39 Å². The first-order valence-electron chi connectivity index (χ1n) is 7.05. The molecule has 0 fully saturated rings. The number of nitrogens with zero attached hydrogens (tertiary/aromatic N) is 1. The third kappa shape index (κ3) is 4.29. The van der Waals surface area contributed by atoms with Crippen LogP contribution >= 0.6 is 15.9 Å². The Morgan fingerprint density at radius 1 is 1.14 bits per heavy atom. The second-order valence-corrected chi connectivity index (χ2v) is 5.92. The van der Waals surface area contributed by atoms with Crippen LogP contribution in [0.3, 0.4) is 0 Å². The summed E-state index contributed by atoms with van der Waals surface area (Å²) in [6, 6.07) is 13.1. The van der Waals surface area contributed by atoms with Crippen molar-refractivity contribution in [1.29, 1.82) is 0 Å². The number of anilines is 1. The molecule has 0 spiro atoms. The molecule has 0 aliphatic rings. The van der Waals surface area contributed by atoms with Crippen LogP contribution in [-0.2, 0) is 13.1 Å². The van der Waals surface area contributed by atoms with Crippen molar-refractivity contribution in [2.75, 3.05) is 18.5 Å². The van der Waals surface area contributed by atoms with E-state index in [0.29, 0.717) is 12.1 Å². The van der Waals surface area contributed by atoms with Gasteiger partial charge in [-0.15, -0.1) is 0 Å². The van der Waals surface area contributed by atoms with Gasteiger partial charge in [-0.3, -0.25) is 0 Å². The second-order valence-electron chi connectivity index (χ2n) is 5.00. The number of hydrogen-bond donors (Lipinski definition) is 1. The Labute approximate surface area is 134 Å². The molecular formula is C17H20BrFN2. The number of hydrogen-bond acceptors (Lipinski definition) is 2. The van der Waals surface area contributed by atoms with Gasteiger partial charge >= 0.3 is 0 Å². The topological polar surface area (TPSA) is 15.3 Å². The van der Waals surface area contributed by atoms with E-state index < -0.39 is 0 Å². The number of halogens is 2. The number of benzene rings is 2. The van der Waals surface area contributed by atoms with E-state index in [1.807, 2.05) is 25.2 Å². The summed E-state index contributed by atoms with van der Waals surface area (Å²) in [5, 5.41) is 3.34. The van der Waals surface area contributed by atoms with E-state index in [0.717, 1.165) is 23.2 Å². The average Bonchev–Trinajstić information content (AvgIpc) is 2.47. The molecule has 0 heterocycles. The molecule has 0 saturated heterocycles. The van der Waals surface area contributed by atoms with Crippen molar-refractivity contribution in [2.45, 2.75) is 20.0 Å². The maximum atomic E-state index is 13.8. The molecule has 0 radical (unpaired) electrons. The van der Waals surface area contributed by atoms with Gasteiger partial charge in [0.05, 0.1) is 0 Å². The molecule has 2 nitrogen and oxygen atoms in total. The zero-order valence-electron chi connectivity index (χ0n) is 12.4. The molecule has 2 aromatic rings. The summed E-state index contributed by atoms with van der Waals surface area (Å²) in [7, 11) is 1.99. The second kappa shape index (κ2) is 7.57. The smallest absolute Gasteiger partial charge is 0.128 e. The SMILES string of the molecule is CCNCc1cc(Br)ccc1N(C)Cc1ccccc1F. The highest BCUT2D eigenvalue weighted by atomic mass is 79.9. The van der Waals surface area contributed by atoms with E-state index in [1.165, 1.54) is 11.6 Å². The van der Waals surface area contributed by atoms with Gasteiger partial charge in [0.2, 0.25) is 0 Å². The predicted molar refractivity (Wildman–Crippen MR) is 90.0 cm³/mol. The largest absolute Gasteiger partial charge is 0.370 e. The summed E-state index contributed by atoms with van der Waals surface area (Å²) < 4.78 is 14.8. The lowest BCUT2D eigenvalue weighted by Crippen LogP contribution is -2.21. The Bertz CT molecular complexity index is 601. The molecule has 0 amide bonds. The van der Waals surface area contributed by atoms with Crippen molar-refractivity contribution in [3.63, 3.8) is 0 Å².